The Kier molecular flexibility index (Phi) is 7.65. The van der Waals surface area contributed by atoms with Crippen molar-refractivity contribution in [3.8, 4) is 0 Å². The van der Waals surface area contributed by atoms with Gasteiger partial charge >= 0.3 is 0 Å². The Bertz CT molecular complexity index is 1020. The minimum absolute atomic E-state index is 0.259. The molecule has 0 aliphatic carbocycles. The van der Waals surface area contributed by atoms with Crippen LogP contribution in [0.5, 0.6) is 0 Å². The van der Waals surface area contributed by atoms with Gasteiger partial charge in [-0.25, -0.2) is 4.39 Å². The van der Waals surface area contributed by atoms with E-state index in [1.165, 1.54) is 38.1 Å². The summed E-state index contributed by atoms with van der Waals surface area (Å²) < 4.78 is 14.1. The smallest absolute Gasteiger partial charge is 0.251 e. The van der Waals surface area contributed by atoms with Gasteiger partial charge in [0.2, 0.25) is 11.8 Å². The minimum atomic E-state index is -0.475. The number of hydrogen-bond acceptors (Lipinski definition) is 5. The number of carbonyl (C=O) groups excluding carboxylic acids is 3. The molecule has 3 rings (SSSR count). The van der Waals surface area contributed by atoms with Gasteiger partial charge in [0.05, 0.1) is 6.04 Å². The third-order valence-electron chi connectivity index (χ3n) is 5.48. The van der Waals surface area contributed by atoms with Crippen LogP contribution in [0.4, 0.5) is 21.5 Å². The molecule has 9 heteroatoms. The van der Waals surface area contributed by atoms with Crippen LogP contribution in [0, 0.1) is 5.82 Å². The van der Waals surface area contributed by atoms with E-state index in [2.05, 4.69) is 32.8 Å². The summed E-state index contributed by atoms with van der Waals surface area (Å²) in [7, 11) is 2.07. The molecule has 0 bridgehead atoms. The third kappa shape index (κ3) is 6.52. The van der Waals surface area contributed by atoms with Crippen LogP contribution in [-0.4, -0.2) is 55.8 Å². The van der Waals surface area contributed by atoms with E-state index in [-0.39, 0.29) is 23.2 Å². The largest absolute Gasteiger partial charge is 0.369 e. The second-order valence-electron chi connectivity index (χ2n) is 8.35. The average molecular weight is 456 g/mol. The molecule has 0 spiro atoms. The first-order valence-electron chi connectivity index (χ1n) is 10.9. The normalized spacial score (nSPS) is 15.0. The molecule has 3 amide bonds. The van der Waals surface area contributed by atoms with E-state index < -0.39 is 11.9 Å². The molecule has 1 unspecified atom stereocenters. The van der Waals surface area contributed by atoms with Crippen molar-refractivity contribution < 1.29 is 18.8 Å². The summed E-state index contributed by atoms with van der Waals surface area (Å²) in [5.74, 6) is -1.38. The highest BCUT2D eigenvalue weighted by Gasteiger charge is 2.22. The van der Waals surface area contributed by atoms with E-state index in [0.29, 0.717) is 16.9 Å². The van der Waals surface area contributed by atoms with Crippen molar-refractivity contribution in [2.45, 2.75) is 26.8 Å². The van der Waals surface area contributed by atoms with Gasteiger partial charge in [-0.05, 0) is 50.4 Å². The average Bonchev–Trinajstić information content (AvgIpc) is 2.73. The summed E-state index contributed by atoms with van der Waals surface area (Å²) in [6, 6.07) is 8.80. The van der Waals surface area contributed by atoms with Crippen LogP contribution in [0.15, 0.2) is 36.4 Å². The molecule has 1 aliphatic rings. The Hall–Kier alpha value is -3.46. The minimum Gasteiger partial charge on any atom is -0.369 e. The molecular formula is C24H30FN5O3. The molecule has 1 aliphatic heterocycles. The predicted molar refractivity (Wildman–Crippen MR) is 127 cm³/mol. The van der Waals surface area contributed by atoms with Gasteiger partial charge in [0, 0.05) is 68.2 Å². The van der Waals surface area contributed by atoms with E-state index in [0.717, 1.165) is 31.9 Å². The van der Waals surface area contributed by atoms with E-state index in [1.807, 2.05) is 0 Å². The van der Waals surface area contributed by atoms with Gasteiger partial charge in [-0.15, -0.1) is 0 Å². The van der Waals surface area contributed by atoms with Crippen molar-refractivity contribution in [1.82, 2.24) is 10.2 Å². The van der Waals surface area contributed by atoms with E-state index in [9.17, 15) is 18.8 Å². The van der Waals surface area contributed by atoms with Crippen LogP contribution in [0.1, 0.15) is 42.7 Å². The van der Waals surface area contributed by atoms with Crippen molar-refractivity contribution in [2.24, 2.45) is 0 Å². The molecule has 3 N–H and O–H groups in total. The lowest BCUT2D eigenvalue weighted by atomic mass is 10.0. The first-order valence-corrected chi connectivity index (χ1v) is 10.9. The van der Waals surface area contributed by atoms with Crippen LogP contribution in [0.3, 0.4) is 0 Å². The van der Waals surface area contributed by atoms with Crippen LogP contribution >= 0.6 is 0 Å². The van der Waals surface area contributed by atoms with Gasteiger partial charge in [-0.2, -0.15) is 0 Å². The number of nitrogens with zero attached hydrogens (tertiary/aromatic N) is 2. The number of anilines is 3. The maximum atomic E-state index is 14.1. The van der Waals surface area contributed by atoms with Crippen LogP contribution < -0.4 is 20.9 Å². The summed E-state index contributed by atoms with van der Waals surface area (Å²) in [5, 5.41) is 8.18. The number of likely N-dealkylation sites (N-methyl/N-ethyl adjacent to an activating group) is 1. The lowest BCUT2D eigenvalue weighted by Gasteiger charge is -2.36. The van der Waals surface area contributed by atoms with Gasteiger partial charge in [-0.3, -0.25) is 14.4 Å². The number of nitrogens with one attached hydrogen (secondary N) is 3. The number of piperazine rings is 1. The number of benzene rings is 2. The fraction of sp³-hybridized carbons (Fsp3) is 0.375. The Labute approximate surface area is 193 Å². The Balaban J connectivity index is 1.85. The summed E-state index contributed by atoms with van der Waals surface area (Å²) in [4.78, 5) is 40.5. The molecule has 0 saturated carbocycles. The number of rotatable bonds is 6. The highest BCUT2D eigenvalue weighted by molar-refractivity contribution is 6.00. The number of hydrogen-bond donors (Lipinski definition) is 3. The van der Waals surface area contributed by atoms with Crippen LogP contribution in [0.25, 0.3) is 0 Å². The fourth-order valence-electron chi connectivity index (χ4n) is 3.87. The van der Waals surface area contributed by atoms with E-state index >= 15 is 0 Å². The Morgan fingerprint density at radius 3 is 2.03 bits per heavy atom. The second kappa shape index (κ2) is 10.4. The summed E-state index contributed by atoms with van der Waals surface area (Å²) in [6.45, 7) is 7.95. The maximum Gasteiger partial charge on any atom is 0.251 e. The molecule has 1 atom stereocenters. The van der Waals surface area contributed by atoms with E-state index in [1.54, 1.807) is 19.1 Å². The first-order chi connectivity index (χ1) is 15.6. The molecule has 2 aromatic rings. The zero-order valence-corrected chi connectivity index (χ0v) is 19.4. The highest BCUT2D eigenvalue weighted by Crippen LogP contribution is 2.29. The standard InChI is InChI=1S/C24H30FN5O3/c1-15(22-13-19(25)5-6-23(22)30-9-7-29(4)8-10-30)26-24(33)18-11-20(27-16(2)31)14-21(12-18)28-17(3)32/h5-6,11-15H,7-10H2,1-4H3,(H,26,33)(H,27,31)(H,28,32). The zero-order valence-electron chi connectivity index (χ0n) is 19.4. The molecular weight excluding hydrogens is 425 g/mol. The number of carbonyl (C=O) groups is 3. The second-order valence-corrected chi connectivity index (χ2v) is 8.35. The van der Waals surface area contributed by atoms with E-state index in [4.69, 9.17) is 0 Å². The van der Waals surface area contributed by atoms with Crippen molar-refractivity contribution >= 4 is 34.8 Å². The molecule has 0 radical (unpaired) electrons. The van der Waals surface area contributed by atoms with Gasteiger partial charge in [-0.1, -0.05) is 0 Å². The molecule has 1 heterocycles. The molecule has 8 nitrogen and oxygen atoms in total. The molecule has 1 saturated heterocycles. The molecule has 1 fully saturated rings. The zero-order chi connectivity index (χ0) is 24.1. The summed E-state index contributed by atoms with van der Waals surface area (Å²) in [6.07, 6.45) is 0. The third-order valence-corrected chi connectivity index (χ3v) is 5.48. The van der Waals surface area contributed by atoms with Gasteiger partial charge in [0.15, 0.2) is 0 Å². The van der Waals surface area contributed by atoms with Crippen LogP contribution in [-0.2, 0) is 9.59 Å². The summed E-state index contributed by atoms with van der Waals surface area (Å²) >= 11 is 0. The van der Waals surface area contributed by atoms with Gasteiger partial charge in [0.25, 0.3) is 5.91 Å². The van der Waals surface area contributed by atoms with Gasteiger partial charge in [0.1, 0.15) is 5.82 Å². The van der Waals surface area contributed by atoms with Crippen molar-refractivity contribution in [2.75, 3.05) is 48.8 Å². The molecule has 33 heavy (non-hydrogen) atoms. The lowest BCUT2D eigenvalue weighted by molar-refractivity contribution is -0.115. The Morgan fingerprint density at radius 2 is 1.48 bits per heavy atom. The number of amides is 3. The molecule has 176 valence electrons. The molecule has 2 aromatic carbocycles. The van der Waals surface area contributed by atoms with Gasteiger partial charge < -0.3 is 25.8 Å². The monoisotopic (exact) mass is 455 g/mol. The quantitative estimate of drug-likeness (QED) is 0.623. The lowest BCUT2D eigenvalue weighted by Crippen LogP contribution is -2.45. The highest BCUT2D eigenvalue weighted by atomic mass is 19.1. The van der Waals surface area contributed by atoms with Crippen molar-refractivity contribution in [1.29, 1.82) is 0 Å². The van der Waals surface area contributed by atoms with Crippen molar-refractivity contribution in [3.05, 3.63) is 53.3 Å². The predicted octanol–water partition coefficient (Wildman–Crippen LogP) is 2.99. The maximum absolute atomic E-state index is 14.1. The summed E-state index contributed by atoms with van der Waals surface area (Å²) in [5.41, 5.74) is 2.61. The Morgan fingerprint density at radius 1 is 0.909 bits per heavy atom. The SMILES string of the molecule is CC(=O)Nc1cc(NC(C)=O)cc(C(=O)NC(C)c2cc(F)ccc2N2CCN(C)CC2)c1. The van der Waals surface area contributed by atoms with Crippen molar-refractivity contribution in [3.63, 3.8) is 0 Å². The topological polar surface area (TPSA) is 93.8 Å². The number of halogens is 1. The van der Waals surface area contributed by atoms with Crippen LogP contribution in [0.2, 0.25) is 0 Å². The fourth-order valence-corrected chi connectivity index (χ4v) is 3.87. The first kappa shape index (κ1) is 24.2. The molecule has 0 aromatic heterocycles.